The molecule has 1 aromatic rings. The molecule has 7 nitrogen and oxygen atoms in total. The second-order valence-corrected chi connectivity index (χ2v) is 11.0. The molecule has 0 bridgehead atoms. The Kier molecular flexibility index (Phi) is 6.46. The molecule has 0 aromatic heterocycles. The average molecular weight is 499 g/mol. The normalized spacial score (nSPS) is 23.8. The number of thioether (sulfide) groups is 1. The largest absolute Gasteiger partial charge is 0.534 e. The number of alkyl halides is 3. The third-order valence-electron chi connectivity index (χ3n) is 5.03. The van der Waals surface area contributed by atoms with Crippen molar-refractivity contribution in [3.63, 3.8) is 0 Å². The summed E-state index contributed by atoms with van der Waals surface area (Å²) in [6.45, 7) is 5.10. The Balaban J connectivity index is 1.96. The van der Waals surface area contributed by atoms with E-state index < -0.39 is 44.4 Å². The number of carbonyl (C=O) groups is 1. The highest BCUT2D eigenvalue weighted by Crippen LogP contribution is 2.51. The smallest absolute Gasteiger partial charge is 0.444 e. The summed E-state index contributed by atoms with van der Waals surface area (Å²) in [4.78, 5) is 16.8. The third-order valence-corrected chi connectivity index (χ3v) is 7.03. The van der Waals surface area contributed by atoms with Gasteiger partial charge >= 0.3 is 21.7 Å². The number of rotatable bonds is 3. The van der Waals surface area contributed by atoms with Gasteiger partial charge in [-0.05, 0) is 57.2 Å². The predicted octanol–water partition coefficient (Wildman–Crippen LogP) is 4.68. The number of alkyl carbamates (subject to hydrolysis) is 1. The summed E-state index contributed by atoms with van der Waals surface area (Å²) in [6, 6.07) is 3.12. The van der Waals surface area contributed by atoms with Crippen LogP contribution in [0.15, 0.2) is 23.2 Å². The Morgan fingerprint density at radius 2 is 1.97 bits per heavy atom. The maximum Gasteiger partial charge on any atom is 0.534 e. The topological polar surface area (TPSA) is 94.1 Å². The van der Waals surface area contributed by atoms with Crippen molar-refractivity contribution in [3.05, 3.63) is 29.6 Å². The van der Waals surface area contributed by atoms with Crippen LogP contribution >= 0.6 is 11.8 Å². The lowest BCUT2D eigenvalue weighted by molar-refractivity contribution is -0.0501. The van der Waals surface area contributed by atoms with Crippen LogP contribution in [0.5, 0.6) is 5.75 Å². The number of amidine groups is 1. The van der Waals surface area contributed by atoms with E-state index in [1.54, 1.807) is 20.8 Å². The second kappa shape index (κ2) is 8.40. The van der Waals surface area contributed by atoms with Gasteiger partial charge in [-0.15, -0.1) is 0 Å². The number of fused-ring (bicyclic) bond motifs is 1. The minimum atomic E-state index is -6.04. The summed E-state index contributed by atoms with van der Waals surface area (Å²) >= 11 is 1.30. The number of carbonyl (C=O) groups excluding carboxylic acids is 1. The van der Waals surface area contributed by atoms with E-state index >= 15 is 0 Å². The number of nitrogens with zero attached hydrogens (tertiary/aromatic N) is 1. The molecule has 1 amide bonds. The molecule has 2 aliphatic rings. The van der Waals surface area contributed by atoms with Crippen molar-refractivity contribution < 1.29 is 39.7 Å². The van der Waals surface area contributed by atoms with Crippen molar-refractivity contribution in [2.75, 3.05) is 5.75 Å². The SMILES string of the molecule is CC(C)(C)OC(=O)NC1=N[C@]2(c3ccc(F)c(OS(=O)(=O)C(F)(F)F)c3)CCC[C@H]2CS1. The number of nitrogens with one attached hydrogen (secondary N) is 1. The molecule has 1 N–H and O–H groups in total. The van der Waals surface area contributed by atoms with Gasteiger partial charge in [0.1, 0.15) is 5.60 Å². The molecular weight excluding hydrogens is 476 g/mol. The molecule has 13 heteroatoms. The number of amides is 1. The summed E-state index contributed by atoms with van der Waals surface area (Å²) in [5, 5.41) is 2.83. The molecule has 2 atom stereocenters. The lowest BCUT2D eigenvalue weighted by Crippen LogP contribution is -2.41. The predicted molar refractivity (Wildman–Crippen MR) is 110 cm³/mol. The molecule has 0 unspecified atom stereocenters. The van der Waals surface area contributed by atoms with Gasteiger partial charge in [0.25, 0.3) is 0 Å². The van der Waals surface area contributed by atoms with Crippen LogP contribution in [0, 0.1) is 11.7 Å². The first kappa shape index (κ1) is 24.6. The highest BCUT2D eigenvalue weighted by molar-refractivity contribution is 8.13. The van der Waals surface area contributed by atoms with E-state index in [-0.39, 0.29) is 11.1 Å². The standard InChI is InChI=1S/C19H22F4N2O5S2/c1-17(2,3)29-16(26)24-15-25-18(8-4-5-12(18)10-31-15)11-6-7-13(20)14(9-11)30-32(27,28)19(21,22)23/h6-7,9,12H,4-5,8,10H2,1-3H3,(H,24,25,26)/t12-,18-/m0/s1. The maximum absolute atomic E-state index is 14.1. The van der Waals surface area contributed by atoms with Gasteiger partial charge in [-0.25, -0.2) is 9.18 Å². The number of benzene rings is 1. The van der Waals surface area contributed by atoms with Crippen molar-refractivity contribution in [1.29, 1.82) is 0 Å². The van der Waals surface area contributed by atoms with Crippen molar-refractivity contribution in [2.45, 2.75) is 56.7 Å². The fourth-order valence-corrected chi connectivity index (χ4v) is 5.37. The molecule has 1 aliphatic carbocycles. The van der Waals surface area contributed by atoms with Crippen LogP contribution in [-0.2, 0) is 20.4 Å². The van der Waals surface area contributed by atoms with Gasteiger partial charge in [0.2, 0.25) is 0 Å². The van der Waals surface area contributed by atoms with E-state index in [1.807, 2.05) is 0 Å². The zero-order chi connectivity index (χ0) is 23.9. The van der Waals surface area contributed by atoms with Crippen molar-refractivity contribution in [3.8, 4) is 5.75 Å². The van der Waals surface area contributed by atoms with E-state index in [0.29, 0.717) is 17.7 Å². The first-order valence-corrected chi connectivity index (χ1v) is 12.1. The number of ether oxygens (including phenoxy) is 1. The summed E-state index contributed by atoms with van der Waals surface area (Å²) in [5.41, 5.74) is -7.10. The van der Waals surface area contributed by atoms with Crippen LogP contribution in [0.3, 0.4) is 0 Å². The van der Waals surface area contributed by atoms with Crippen molar-refractivity contribution in [2.24, 2.45) is 10.9 Å². The molecule has 178 valence electrons. The van der Waals surface area contributed by atoms with Crippen molar-refractivity contribution in [1.82, 2.24) is 5.32 Å². The Morgan fingerprint density at radius 1 is 1.28 bits per heavy atom. The van der Waals surface area contributed by atoms with Gasteiger partial charge in [0.05, 0.1) is 5.54 Å². The van der Waals surface area contributed by atoms with Gasteiger partial charge in [-0.1, -0.05) is 24.2 Å². The molecule has 1 aromatic carbocycles. The first-order chi connectivity index (χ1) is 14.6. The first-order valence-electron chi connectivity index (χ1n) is 9.66. The second-order valence-electron chi connectivity index (χ2n) is 8.50. The average Bonchev–Trinajstić information content (AvgIpc) is 3.05. The Labute approximate surface area is 187 Å². The van der Waals surface area contributed by atoms with Gasteiger partial charge in [0.15, 0.2) is 16.7 Å². The minimum Gasteiger partial charge on any atom is -0.444 e. The molecule has 1 heterocycles. The Morgan fingerprint density at radius 3 is 2.59 bits per heavy atom. The highest BCUT2D eigenvalue weighted by Gasteiger charge is 2.50. The number of aliphatic imine (C=N–C) groups is 1. The van der Waals surface area contributed by atoms with Crippen LogP contribution in [-0.4, -0.2) is 36.5 Å². The van der Waals surface area contributed by atoms with Crippen LogP contribution in [0.1, 0.15) is 45.6 Å². The lowest BCUT2D eigenvalue weighted by Gasteiger charge is -2.36. The summed E-state index contributed by atoms with van der Waals surface area (Å²) in [7, 11) is -6.04. The molecule has 32 heavy (non-hydrogen) atoms. The molecule has 0 spiro atoms. The summed E-state index contributed by atoms with van der Waals surface area (Å²) < 4.78 is 84.2. The van der Waals surface area contributed by atoms with E-state index in [1.165, 1.54) is 17.8 Å². The molecule has 1 fully saturated rings. The lowest BCUT2D eigenvalue weighted by atomic mass is 9.81. The van der Waals surface area contributed by atoms with E-state index in [9.17, 15) is 30.8 Å². The Hall–Kier alpha value is -2.02. The minimum absolute atomic E-state index is 0.0470. The monoisotopic (exact) mass is 498 g/mol. The van der Waals surface area contributed by atoms with Gasteiger partial charge in [0, 0.05) is 5.75 Å². The molecular formula is C19H22F4N2O5S2. The van der Waals surface area contributed by atoms with Crippen LogP contribution in [0.4, 0.5) is 22.4 Å². The molecule has 1 saturated carbocycles. The number of hydrogen-bond donors (Lipinski definition) is 1. The fourth-order valence-electron chi connectivity index (χ4n) is 3.72. The van der Waals surface area contributed by atoms with E-state index in [4.69, 9.17) is 4.74 Å². The molecule has 3 rings (SSSR count). The maximum atomic E-state index is 14.1. The third kappa shape index (κ3) is 5.13. The number of hydrogen-bond acceptors (Lipinski definition) is 7. The van der Waals surface area contributed by atoms with E-state index in [2.05, 4.69) is 14.5 Å². The van der Waals surface area contributed by atoms with Crippen LogP contribution < -0.4 is 9.50 Å². The zero-order valence-corrected chi connectivity index (χ0v) is 19.1. The van der Waals surface area contributed by atoms with Crippen LogP contribution in [0.25, 0.3) is 0 Å². The number of halogens is 4. The van der Waals surface area contributed by atoms with Gasteiger partial charge in [-0.3, -0.25) is 10.3 Å². The van der Waals surface area contributed by atoms with Crippen molar-refractivity contribution >= 4 is 33.1 Å². The summed E-state index contributed by atoms with van der Waals surface area (Å²) in [6.07, 6.45) is 1.26. The van der Waals surface area contributed by atoms with E-state index in [0.717, 1.165) is 25.0 Å². The van der Waals surface area contributed by atoms with Gasteiger partial charge < -0.3 is 8.92 Å². The molecule has 0 radical (unpaired) electrons. The highest BCUT2D eigenvalue weighted by atomic mass is 32.2. The molecule has 1 aliphatic heterocycles. The molecule has 0 saturated heterocycles. The zero-order valence-electron chi connectivity index (χ0n) is 17.5. The van der Waals surface area contributed by atoms with Gasteiger partial charge in [-0.2, -0.15) is 21.6 Å². The van der Waals surface area contributed by atoms with Crippen LogP contribution in [0.2, 0.25) is 0 Å². The Bertz CT molecular complexity index is 1040. The summed E-state index contributed by atoms with van der Waals surface area (Å²) in [5.74, 6) is -1.82. The quantitative estimate of drug-likeness (QED) is 0.370. The fraction of sp³-hybridized carbons (Fsp3) is 0.579.